The van der Waals surface area contributed by atoms with Crippen LogP contribution < -0.4 is 0 Å². The molecule has 3 aromatic rings. The lowest BCUT2D eigenvalue weighted by molar-refractivity contribution is -0.141. The van der Waals surface area contributed by atoms with Crippen LogP contribution in [0.1, 0.15) is 11.3 Å². The Bertz CT molecular complexity index is 1120. The number of aromatic nitrogens is 2. The number of nitrogens with zero attached hydrogens (tertiary/aromatic N) is 2. The summed E-state index contributed by atoms with van der Waals surface area (Å²) < 4.78 is 63.8. The smallest absolute Gasteiger partial charge is 0.233 e. The van der Waals surface area contributed by atoms with E-state index in [0.717, 1.165) is 17.0 Å². The monoisotopic (exact) mass is 390 g/mol. The molecule has 0 bridgehead atoms. The molecular weight excluding hydrogens is 377 g/mol. The van der Waals surface area contributed by atoms with Gasteiger partial charge in [-0.1, -0.05) is 18.1 Å². The second kappa shape index (κ2) is 6.59. The first-order valence-corrected chi connectivity index (χ1v) is 9.53. The molecule has 27 heavy (non-hydrogen) atoms. The van der Waals surface area contributed by atoms with Gasteiger partial charge in [0.2, 0.25) is 0 Å². The van der Waals surface area contributed by atoms with E-state index in [1.54, 1.807) is 24.3 Å². The normalized spacial score (nSPS) is 12.0. The molecule has 0 aliphatic heterocycles. The number of alkyl halides is 3. The van der Waals surface area contributed by atoms with Crippen molar-refractivity contribution in [2.45, 2.75) is 11.1 Å². The van der Waals surface area contributed by atoms with Gasteiger partial charge in [-0.2, -0.15) is 18.3 Å². The van der Waals surface area contributed by atoms with E-state index in [-0.39, 0.29) is 10.6 Å². The molecule has 0 fully saturated rings. The molecule has 0 saturated carbocycles. The van der Waals surface area contributed by atoms with Crippen molar-refractivity contribution < 1.29 is 21.6 Å². The van der Waals surface area contributed by atoms with Gasteiger partial charge in [0, 0.05) is 17.4 Å². The van der Waals surface area contributed by atoms with Crippen LogP contribution in [0.3, 0.4) is 0 Å². The summed E-state index contributed by atoms with van der Waals surface area (Å²) in [6.07, 6.45) is 1.74. The molecule has 0 radical (unpaired) electrons. The number of rotatable bonds is 3. The van der Waals surface area contributed by atoms with Gasteiger partial charge in [-0.05, 0) is 42.5 Å². The maximum atomic E-state index is 13.2. The maximum Gasteiger partial charge on any atom is 0.435 e. The molecule has 0 saturated heterocycles. The standard InChI is InChI=1S/C19H13F3N2O2S/c1-3-13-4-6-14(7-5-13)17-12-18(19(20,21)22)23-24(17)15-8-10-16(11-9-15)27(2,25)26/h1,4-12H,2H3. The molecule has 0 unspecified atom stereocenters. The topological polar surface area (TPSA) is 52.0 Å². The fourth-order valence-corrected chi connectivity index (χ4v) is 3.12. The lowest BCUT2D eigenvalue weighted by atomic mass is 10.1. The van der Waals surface area contributed by atoms with Crippen molar-refractivity contribution in [2.24, 2.45) is 0 Å². The average molecular weight is 390 g/mol. The number of benzene rings is 2. The van der Waals surface area contributed by atoms with Crippen molar-refractivity contribution in [3.63, 3.8) is 0 Å². The molecule has 0 aliphatic carbocycles. The molecule has 138 valence electrons. The molecule has 0 spiro atoms. The van der Waals surface area contributed by atoms with Crippen molar-refractivity contribution in [3.8, 4) is 29.3 Å². The van der Waals surface area contributed by atoms with E-state index in [1.165, 1.54) is 24.3 Å². The number of hydrogen-bond acceptors (Lipinski definition) is 3. The zero-order valence-electron chi connectivity index (χ0n) is 14.0. The molecule has 0 N–H and O–H groups in total. The molecule has 4 nitrogen and oxygen atoms in total. The molecule has 0 atom stereocenters. The third kappa shape index (κ3) is 3.88. The zero-order valence-corrected chi connectivity index (χ0v) is 14.8. The van der Waals surface area contributed by atoms with E-state index in [1.807, 2.05) is 0 Å². The minimum atomic E-state index is -4.62. The first-order chi connectivity index (χ1) is 12.6. The van der Waals surface area contributed by atoms with E-state index >= 15 is 0 Å². The second-order valence-electron chi connectivity index (χ2n) is 5.81. The van der Waals surface area contributed by atoms with E-state index in [2.05, 4.69) is 11.0 Å². The van der Waals surface area contributed by atoms with Crippen molar-refractivity contribution in [1.82, 2.24) is 9.78 Å². The van der Waals surface area contributed by atoms with Crippen LogP contribution in [-0.4, -0.2) is 24.5 Å². The van der Waals surface area contributed by atoms with Crippen molar-refractivity contribution in [3.05, 3.63) is 65.9 Å². The van der Waals surface area contributed by atoms with Crippen LogP contribution in [0.15, 0.2) is 59.5 Å². The highest BCUT2D eigenvalue weighted by atomic mass is 32.2. The number of terminal acetylenes is 1. The zero-order chi connectivity index (χ0) is 19.8. The molecule has 1 heterocycles. The Morgan fingerprint density at radius 1 is 1.04 bits per heavy atom. The van der Waals surface area contributed by atoms with Crippen molar-refractivity contribution >= 4 is 9.84 Å². The third-order valence-corrected chi connectivity index (χ3v) is 4.99. The minimum Gasteiger partial charge on any atom is -0.233 e. The van der Waals surface area contributed by atoms with E-state index in [9.17, 15) is 21.6 Å². The van der Waals surface area contributed by atoms with Gasteiger partial charge in [0.1, 0.15) is 0 Å². The molecule has 3 rings (SSSR count). The summed E-state index contributed by atoms with van der Waals surface area (Å²) in [5.41, 5.74) is 0.542. The van der Waals surface area contributed by atoms with Crippen LogP contribution in [0.4, 0.5) is 13.2 Å². The Morgan fingerprint density at radius 3 is 2.11 bits per heavy atom. The summed E-state index contributed by atoms with van der Waals surface area (Å²) in [6.45, 7) is 0. The fourth-order valence-electron chi connectivity index (χ4n) is 2.49. The Balaban J connectivity index is 2.16. The summed E-state index contributed by atoms with van der Waals surface area (Å²) in [5, 5.41) is 3.66. The Labute approximate surface area is 154 Å². The highest BCUT2D eigenvalue weighted by Gasteiger charge is 2.35. The lowest BCUT2D eigenvalue weighted by Gasteiger charge is -2.09. The van der Waals surface area contributed by atoms with Crippen LogP contribution in [0, 0.1) is 12.3 Å². The van der Waals surface area contributed by atoms with Crippen molar-refractivity contribution in [1.29, 1.82) is 0 Å². The SMILES string of the molecule is C#Cc1ccc(-c2cc(C(F)(F)F)nn2-c2ccc(S(C)(=O)=O)cc2)cc1. The van der Waals surface area contributed by atoms with Crippen LogP contribution in [0.25, 0.3) is 16.9 Å². The number of sulfone groups is 1. The van der Waals surface area contributed by atoms with E-state index < -0.39 is 21.7 Å². The van der Waals surface area contributed by atoms with Gasteiger partial charge in [-0.3, -0.25) is 0 Å². The molecule has 1 aromatic heterocycles. The van der Waals surface area contributed by atoms with Crippen LogP contribution in [0.2, 0.25) is 0 Å². The summed E-state index contributed by atoms with van der Waals surface area (Å²) in [7, 11) is -3.42. The summed E-state index contributed by atoms with van der Waals surface area (Å²) in [5.74, 6) is 2.44. The predicted octanol–water partition coefficient (Wildman–Crippen LogP) is 3.94. The molecule has 2 aromatic carbocycles. The largest absolute Gasteiger partial charge is 0.435 e. The Hall–Kier alpha value is -3.05. The lowest BCUT2D eigenvalue weighted by Crippen LogP contribution is -2.07. The molecule has 0 aliphatic rings. The van der Waals surface area contributed by atoms with Crippen LogP contribution >= 0.6 is 0 Å². The highest BCUT2D eigenvalue weighted by molar-refractivity contribution is 7.90. The van der Waals surface area contributed by atoms with E-state index in [4.69, 9.17) is 6.42 Å². The highest BCUT2D eigenvalue weighted by Crippen LogP contribution is 2.33. The molecular formula is C19H13F3N2O2S. The number of hydrogen-bond donors (Lipinski definition) is 0. The average Bonchev–Trinajstić information content (AvgIpc) is 3.07. The minimum absolute atomic E-state index is 0.0642. The van der Waals surface area contributed by atoms with Gasteiger partial charge in [0.05, 0.1) is 16.3 Å². The second-order valence-corrected chi connectivity index (χ2v) is 7.83. The molecule has 8 heteroatoms. The van der Waals surface area contributed by atoms with Crippen LogP contribution in [0.5, 0.6) is 0 Å². The van der Waals surface area contributed by atoms with Gasteiger partial charge in [0.25, 0.3) is 0 Å². The fraction of sp³-hybridized carbons (Fsp3) is 0.105. The van der Waals surface area contributed by atoms with Crippen LogP contribution in [-0.2, 0) is 16.0 Å². The Kier molecular flexibility index (Phi) is 4.57. The first kappa shape index (κ1) is 18.7. The molecule has 0 amide bonds. The van der Waals surface area contributed by atoms with Gasteiger partial charge in [-0.25, -0.2) is 13.1 Å². The van der Waals surface area contributed by atoms with E-state index in [0.29, 0.717) is 16.8 Å². The van der Waals surface area contributed by atoms with Gasteiger partial charge in [0.15, 0.2) is 15.5 Å². The van der Waals surface area contributed by atoms with Gasteiger partial charge in [-0.15, -0.1) is 6.42 Å². The summed E-state index contributed by atoms with van der Waals surface area (Å²) in [4.78, 5) is 0.0642. The first-order valence-electron chi connectivity index (χ1n) is 7.64. The van der Waals surface area contributed by atoms with Gasteiger partial charge < -0.3 is 0 Å². The maximum absolute atomic E-state index is 13.2. The summed E-state index contributed by atoms with van der Waals surface area (Å²) in [6, 6.07) is 12.8. The quantitative estimate of drug-likeness (QED) is 0.637. The predicted molar refractivity (Wildman–Crippen MR) is 95.0 cm³/mol. The number of halogens is 3. The van der Waals surface area contributed by atoms with Crippen molar-refractivity contribution in [2.75, 3.05) is 6.26 Å². The third-order valence-electron chi connectivity index (χ3n) is 3.86. The Morgan fingerprint density at radius 2 is 1.63 bits per heavy atom. The van der Waals surface area contributed by atoms with Gasteiger partial charge >= 0.3 is 6.18 Å². The summed E-state index contributed by atoms with van der Waals surface area (Å²) >= 11 is 0.